The number of benzene rings is 6. The lowest BCUT2D eigenvalue weighted by Crippen LogP contribution is -1.94. The molecule has 0 aliphatic rings. The standard InChI is InChI=1S/C34H22BrN/c35-29-16-12-24(13-17-29)25-8-5-9-26(20-25)28-15-19-32-31-10-3-4-11-33(31)36(34(32)22-28)30-18-14-23-6-1-2-7-27(23)21-30/h1-22H. The summed E-state index contributed by atoms with van der Waals surface area (Å²) < 4.78 is 3.49. The van der Waals surface area contributed by atoms with E-state index in [1.807, 2.05) is 0 Å². The van der Waals surface area contributed by atoms with E-state index in [2.05, 4.69) is 154 Å². The first-order valence-electron chi connectivity index (χ1n) is 12.1. The van der Waals surface area contributed by atoms with E-state index in [-0.39, 0.29) is 0 Å². The first-order valence-corrected chi connectivity index (χ1v) is 12.9. The van der Waals surface area contributed by atoms with Crippen molar-refractivity contribution in [2.45, 2.75) is 0 Å². The van der Waals surface area contributed by atoms with Crippen LogP contribution in [0.1, 0.15) is 0 Å². The van der Waals surface area contributed by atoms with E-state index in [0.29, 0.717) is 0 Å². The summed E-state index contributed by atoms with van der Waals surface area (Å²) >= 11 is 3.54. The van der Waals surface area contributed by atoms with Crippen molar-refractivity contribution in [3.63, 3.8) is 0 Å². The molecule has 6 aromatic carbocycles. The molecule has 0 amide bonds. The Morgan fingerprint density at radius 3 is 1.94 bits per heavy atom. The van der Waals surface area contributed by atoms with Gasteiger partial charge in [-0.2, -0.15) is 0 Å². The Balaban J connectivity index is 1.44. The van der Waals surface area contributed by atoms with Gasteiger partial charge in [0.25, 0.3) is 0 Å². The molecule has 36 heavy (non-hydrogen) atoms. The molecule has 0 unspecified atom stereocenters. The lowest BCUT2D eigenvalue weighted by atomic mass is 9.98. The van der Waals surface area contributed by atoms with Crippen LogP contribution in [0, 0.1) is 0 Å². The summed E-state index contributed by atoms with van der Waals surface area (Å²) in [5, 5.41) is 5.05. The number of rotatable bonds is 3. The van der Waals surface area contributed by atoms with Crippen LogP contribution < -0.4 is 0 Å². The number of aromatic nitrogens is 1. The summed E-state index contributed by atoms with van der Waals surface area (Å²) in [6.45, 7) is 0. The molecule has 0 aliphatic heterocycles. The van der Waals surface area contributed by atoms with Crippen LogP contribution in [0.5, 0.6) is 0 Å². The summed E-state index contributed by atoms with van der Waals surface area (Å²) in [5.41, 5.74) is 8.49. The molecular formula is C34H22BrN. The minimum absolute atomic E-state index is 1.09. The predicted molar refractivity (Wildman–Crippen MR) is 157 cm³/mol. The highest BCUT2D eigenvalue weighted by molar-refractivity contribution is 9.10. The zero-order valence-corrected chi connectivity index (χ0v) is 21.1. The van der Waals surface area contributed by atoms with Gasteiger partial charge in [0.2, 0.25) is 0 Å². The molecule has 7 rings (SSSR count). The summed E-state index contributed by atoms with van der Waals surface area (Å²) in [4.78, 5) is 0. The van der Waals surface area contributed by atoms with Crippen molar-refractivity contribution in [2.24, 2.45) is 0 Å². The van der Waals surface area contributed by atoms with E-state index in [4.69, 9.17) is 0 Å². The van der Waals surface area contributed by atoms with Crippen molar-refractivity contribution in [3.8, 4) is 27.9 Å². The molecule has 0 N–H and O–H groups in total. The summed E-state index contributed by atoms with van der Waals surface area (Å²) in [7, 11) is 0. The van der Waals surface area contributed by atoms with E-state index in [0.717, 1.165) is 4.47 Å². The van der Waals surface area contributed by atoms with Crippen molar-refractivity contribution < 1.29 is 0 Å². The summed E-state index contributed by atoms with van der Waals surface area (Å²) in [6.07, 6.45) is 0. The molecule has 1 aromatic heterocycles. The lowest BCUT2D eigenvalue weighted by molar-refractivity contribution is 1.19. The second-order valence-corrected chi connectivity index (χ2v) is 10.1. The fraction of sp³-hybridized carbons (Fsp3) is 0. The zero-order chi connectivity index (χ0) is 24.1. The highest BCUT2D eigenvalue weighted by Gasteiger charge is 2.14. The molecule has 0 saturated heterocycles. The Kier molecular flexibility index (Phi) is 5.00. The van der Waals surface area contributed by atoms with Gasteiger partial charge >= 0.3 is 0 Å². The molecule has 0 aliphatic carbocycles. The van der Waals surface area contributed by atoms with Crippen molar-refractivity contribution in [3.05, 3.63) is 138 Å². The van der Waals surface area contributed by atoms with Crippen molar-refractivity contribution >= 4 is 48.5 Å². The monoisotopic (exact) mass is 523 g/mol. The van der Waals surface area contributed by atoms with Crippen LogP contribution >= 0.6 is 15.9 Å². The molecule has 0 radical (unpaired) electrons. The second kappa shape index (κ2) is 8.51. The van der Waals surface area contributed by atoms with Crippen LogP contribution in [0.15, 0.2) is 138 Å². The molecule has 7 aromatic rings. The number of hydrogen-bond acceptors (Lipinski definition) is 0. The zero-order valence-electron chi connectivity index (χ0n) is 19.5. The Morgan fingerprint density at radius 2 is 1.08 bits per heavy atom. The summed E-state index contributed by atoms with van der Waals surface area (Å²) in [6, 6.07) is 48.2. The van der Waals surface area contributed by atoms with E-state index in [1.165, 1.54) is 60.5 Å². The minimum atomic E-state index is 1.09. The number of hydrogen-bond donors (Lipinski definition) is 0. The van der Waals surface area contributed by atoms with E-state index in [9.17, 15) is 0 Å². The van der Waals surface area contributed by atoms with Gasteiger partial charge in [0.1, 0.15) is 0 Å². The molecular weight excluding hydrogens is 502 g/mol. The Bertz CT molecular complexity index is 1890. The van der Waals surface area contributed by atoms with Gasteiger partial charge in [-0.1, -0.05) is 107 Å². The molecule has 2 heteroatoms. The van der Waals surface area contributed by atoms with Crippen molar-refractivity contribution in [1.29, 1.82) is 0 Å². The quantitative estimate of drug-likeness (QED) is 0.217. The van der Waals surface area contributed by atoms with Gasteiger partial charge < -0.3 is 4.57 Å². The number of halogens is 1. The third-order valence-corrected chi connectivity index (χ3v) is 7.57. The maximum absolute atomic E-state index is 3.54. The molecule has 1 heterocycles. The lowest BCUT2D eigenvalue weighted by Gasteiger charge is -2.11. The highest BCUT2D eigenvalue weighted by atomic mass is 79.9. The van der Waals surface area contributed by atoms with Gasteiger partial charge in [-0.25, -0.2) is 0 Å². The topological polar surface area (TPSA) is 4.93 Å². The Morgan fingerprint density at radius 1 is 0.417 bits per heavy atom. The third-order valence-electron chi connectivity index (χ3n) is 7.04. The van der Waals surface area contributed by atoms with Crippen LogP contribution in [0.2, 0.25) is 0 Å². The predicted octanol–water partition coefficient (Wildman–Crippen LogP) is 10.0. The first kappa shape index (κ1) is 21.2. The fourth-order valence-corrected chi connectivity index (χ4v) is 5.53. The first-order chi connectivity index (χ1) is 17.7. The molecule has 0 spiro atoms. The van der Waals surface area contributed by atoms with E-state index >= 15 is 0 Å². The largest absolute Gasteiger partial charge is 0.309 e. The number of nitrogens with zero attached hydrogens (tertiary/aromatic N) is 1. The van der Waals surface area contributed by atoms with E-state index < -0.39 is 0 Å². The molecule has 1 nitrogen and oxygen atoms in total. The Hall–Kier alpha value is -4.14. The Labute approximate surface area is 218 Å². The third kappa shape index (κ3) is 3.54. The van der Waals surface area contributed by atoms with E-state index in [1.54, 1.807) is 0 Å². The van der Waals surface area contributed by atoms with Gasteiger partial charge in [-0.05, 0) is 75.5 Å². The smallest absolute Gasteiger partial charge is 0.0547 e. The maximum Gasteiger partial charge on any atom is 0.0547 e. The van der Waals surface area contributed by atoms with Gasteiger partial charge in [0, 0.05) is 20.9 Å². The van der Waals surface area contributed by atoms with Crippen molar-refractivity contribution in [1.82, 2.24) is 4.57 Å². The average Bonchev–Trinajstić information content (AvgIpc) is 3.27. The van der Waals surface area contributed by atoms with Crippen LogP contribution in [0.25, 0.3) is 60.5 Å². The molecule has 0 bridgehead atoms. The molecule has 170 valence electrons. The van der Waals surface area contributed by atoms with Crippen LogP contribution in [-0.4, -0.2) is 4.57 Å². The van der Waals surface area contributed by atoms with Gasteiger partial charge in [0.05, 0.1) is 11.0 Å². The second-order valence-electron chi connectivity index (χ2n) is 9.20. The van der Waals surface area contributed by atoms with Crippen molar-refractivity contribution in [2.75, 3.05) is 0 Å². The van der Waals surface area contributed by atoms with Crippen LogP contribution in [-0.2, 0) is 0 Å². The fourth-order valence-electron chi connectivity index (χ4n) is 5.26. The average molecular weight is 524 g/mol. The van der Waals surface area contributed by atoms with Gasteiger partial charge in [-0.3, -0.25) is 0 Å². The maximum atomic E-state index is 3.54. The molecule has 0 saturated carbocycles. The number of para-hydroxylation sites is 1. The summed E-state index contributed by atoms with van der Waals surface area (Å²) in [5.74, 6) is 0. The normalized spacial score (nSPS) is 11.5. The molecule has 0 fully saturated rings. The molecule has 0 atom stereocenters. The SMILES string of the molecule is Brc1ccc(-c2cccc(-c3ccc4c5ccccc5n(-c5ccc6ccccc6c5)c4c3)c2)cc1. The van der Waals surface area contributed by atoms with Gasteiger partial charge in [0.15, 0.2) is 0 Å². The van der Waals surface area contributed by atoms with Crippen LogP contribution in [0.4, 0.5) is 0 Å². The number of fused-ring (bicyclic) bond motifs is 4. The minimum Gasteiger partial charge on any atom is -0.309 e. The highest BCUT2D eigenvalue weighted by Crippen LogP contribution is 2.36. The van der Waals surface area contributed by atoms with Crippen LogP contribution in [0.3, 0.4) is 0 Å². The van der Waals surface area contributed by atoms with Gasteiger partial charge in [-0.15, -0.1) is 0 Å².